The van der Waals surface area contributed by atoms with Gasteiger partial charge in [-0.15, -0.1) is 0 Å². The molecule has 3 N–H and O–H groups in total. The summed E-state index contributed by atoms with van der Waals surface area (Å²) in [5.41, 5.74) is 8.26. The number of nitrogens with two attached hydrogens (primary N) is 1. The second kappa shape index (κ2) is 6.10. The van der Waals surface area contributed by atoms with E-state index >= 15 is 0 Å². The third-order valence-electron chi connectivity index (χ3n) is 2.98. The fourth-order valence-corrected chi connectivity index (χ4v) is 1.84. The summed E-state index contributed by atoms with van der Waals surface area (Å²) in [5.74, 6) is 1.51. The SMILES string of the molecule is COc1cc(C)ccc1OCc1ccc(C(=N)N)cc1. The highest BCUT2D eigenvalue weighted by Crippen LogP contribution is 2.28. The maximum atomic E-state index is 7.35. The van der Waals surface area contributed by atoms with Crippen LogP contribution in [0, 0.1) is 12.3 Å². The number of rotatable bonds is 5. The largest absolute Gasteiger partial charge is 0.493 e. The minimum absolute atomic E-state index is 0.0673. The number of ether oxygens (including phenoxy) is 2. The van der Waals surface area contributed by atoms with Gasteiger partial charge in [0.15, 0.2) is 11.5 Å². The van der Waals surface area contributed by atoms with Crippen molar-refractivity contribution in [1.82, 2.24) is 0 Å². The first-order valence-electron chi connectivity index (χ1n) is 6.31. The van der Waals surface area contributed by atoms with Crippen LogP contribution >= 0.6 is 0 Å². The zero-order chi connectivity index (χ0) is 14.5. The molecule has 0 bridgehead atoms. The van der Waals surface area contributed by atoms with Crippen LogP contribution in [-0.4, -0.2) is 12.9 Å². The lowest BCUT2D eigenvalue weighted by atomic mass is 10.1. The minimum Gasteiger partial charge on any atom is -0.493 e. The van der Waals surface area contributed by atoms with Gasteiger partial charge in [-0.3, -0.25) is 5.41 Å². The predicted molar refractivity (Wildman–Crippen MR) is 79.5 cm³/mol. The topological polar surface area (TPSA) is 68.3 Å². The maximum Gasteiger partial charge on any atom is 0.161 e. The van der Waals surface area contributed by atoms with E-state index in [2.05, 4.69) is 0 Å². The quantitative estimate of drug-likeness (QED) is 0.648. The highest BCUT2D eigenvalue weighted by molar-refractivity contribution is 5.94. The molecule has 0 aliphatic carbocycles. The first kappa shape index (κ1) is 13.9. The van der Waals surface area contributed by atoms with Crippen LogP contribution in [0.4, 0.5) is 0 Å². The highest BCUT2D eigenvalue weighted by atomic mass is 16.5. The maximum absolute atomic E-state index is 7.35. The van der Waals surface area contributed by atoms with Crippen LogP contribution in [0.3, 0.4) is 0 Å². The molecule has 2 aromatic rings. The molecular formula is C16H18N2O2. The standard InChI is InChI=1S/C16H18N2O2/c1-11-3-8-14(15(9-11)19-2)20-10-12-4-6-13(7-5-12)16(17)18/h3-9H,10H2,1-2H3,(H3,17,18). The molecule has 2 aromatic carbocycles. The van der Waals surface area contributed by atoms with Crippen LogP contribution in [0.15, 0.2) is 42.5 Å². The van der Waals surface area contributed by atoms with Crippen LogP contribution in [0.2, 0.25) is 0 Å². The average Bonchev–Trinajstić information content (AvgIpc) is 2.46. The molecule has 0 aliphatic heterocycles. The average molecular weight is 270 g/mol. The molecule has 0 saturated heterocycles. The van der Waals surface area contributed by atoms with Gasteiger partial charge in [-0.2, -0.15) is 0 Å². The van der Waals surface area contributed by atoms with Gasteiger partial charge in [0.1, 0.15) is 12.4 Å². The van der Waals surface area contributed by atoms with E-state index in [0.29, 0.717) is 17.9 Å². The molecule has 0 atom stereocenters. The molecule has 0 unspecified atom stereocenters. The normalized spacial score (nSPS) is 10.1. The van der Waals surface area contributed by atoms with Crippen molar-refractivity contribution < 1.29 is 9.47 Å². The summed E-state index contributed by atoms with van der Waals surface area (Å²) in [6, 6.07) is 13.2. The number of amidine groups is 1. The number of hydrogen-bond donors (Lipinski definition) is 2. The van der Waals surface area contributed by atoms with Gasteiger partial charge < -0.3 is 15.2 Å². The van der Waals surface area contributed by atoms with Crippen molar-refractivity contribution in [2.45, 2.75) is 13.5 Å². The van der Waals surface area contributed by atoms with Gasteiger partial charge in [-0.1, -0.05) is 30.3 Å². The van der Waals surface area contributed by atoms with E-state index in [1.165, 1.54) is 0 Å². The van der Waals surface area contributed by atoms with Crippen molar-refractivity contribution in [3.05, 3.63) is 59.2 Å². The monoisotopic (exact) mass is 270 g/mol. The zero-order valence-corrected chi connectivity index (χ0v) is 11.6. The van der Waals surface area contributed by atoms with E-state index in [0.717, 1.165) is 16.9 Å². The summed E-state index contributed by atoms with van der Waals surface area (Å²) >= 11 is 0. The number of methoxy groups -OCH3 is 1. The molecule has 104 valence electrons. The van der Waals surface area contributed by atoms with Crippen LogP contribution < -0.4 is 15.2 Å². The molecule has 0 aliphatic rings. The van der Waals surface area contributed by atoms with E-state index in [-0.39, 0.29) is 5.84 Å². The Morgan fingerprint density at radius 2 is 1.80 bits per heavy atom. The summed E-state index contributed by atoms with van der Waals surface area (Å²) < 4.78 is 11.1. The van der Waals surface area contributed by atoms with Crippen molar-refractivity contribution >= 4 is 5.84 Å². The van der Waals surface area contributed by atoms with Crippen molar-refractivity contribution in [2.75, 3.05) is 7.11 Å². The number of nitrogens with one attached hydrogen (secondary N) is 1. The highest BCUT2D eigenvalue weighted by Gasteiger charge is 2.05. The molecule has 4 heteroatoms. The molecule has 0 spiro atoms. The Bertz CT molecular complexity index is 606. The molecule has 0 amide bonds. The van der Waals surface area contributed by atoms with Gasteiger partial charge in [0.2, 0.25) is 0 Å². The number of aryl methyl sites for hydroxylation is 1. The van der Waals surface area contributed by atoms with E-state index < -0.39 is 0 Å². The predicted octanol–water partition coefficient (Wildman–Crippen LogP) is 2.87. The number of hydrogen-bond acceptors (Lipinski definition) is 3. The van der Waals surface area contributed by atoms with Gasteiger partial charge in [0.25, 0.3) is 0 Å². The first-order chi connectivity index (χ1) is 9.60. The minimum atomic E-state index is 0.0673. The molecule has 0 aromatic heterocycles. The lowest BCUT2D eigenvalue weighted by molar-refractivity contribution is 0.284. The third kappa shape index (κ3) is 3.29. The fraction of sp³-hybridized carbons (Fsp3) is 0.188. The molecular weight excluding hydrogens is 252 g/mol. The van der Waals surface area contributed by atoms with Gasteiger partial charge in [-0.05, 0) is 30.2 Å². The van der Waals surface area contributed by atoms with Gasteiger partial charge in [0.05, 0.1) is 7.11 Å². The van der Waals surface area contributed by atoms with Crippen LogP contribution in [-0.2, 0) is 6.61 Å². The number of nitrogen functional groups attached to an aromatic ring is 1. The molecule has 2 rings (SSSR count). The lowest BCUT2D eigenvalue weighted by Gasteiger charge is -2.11. The molecule has 0 saturated carbocycles. The van der Waals surface area contributed by atoms with E-state index in [4.69, 9.17) is 20.6 Å². The van der Waals surface area contributed by atoms with E-state index in [9.17, 15) is 0 Å². The van der Waals surface area contributed by atoms with Gasteiger partial charge in [0, 0.05) is 5.56 Å². The van der Waals surface area contributed by atoms with E-state index in [1.807, 2.05) is 49.4 Å². The molecule has 0 heterocycles. The Hall–Kier alpha value is -2.49. The van der Waals surface area contributed by atoms with Crippen molar-refractivity contribution in [1.29, 1.82) is 5.41 Å². The van der Waals surface area contributed by atoms with Crippen molar-refractivity contribution in [3.63, 3.8) is 0 Å². The van der Waals surface area contributed by atoms with Crippen LogP contribution in [0.5, 0.6) is 11.5 Å². The summed E-state index contributed by atoms with van der Waals surface area (Å²) in [7, 11) is 1.63. The Kier molecular flexibility index (Phi) is 4.25. The Balaban J connectivity index is 2.06. The second-order valence-corrected chi connectivity index (χ2v) is 4.55. The summed E-state index contributed by atoms with van der Waals surface area (Å²) in [4.78, 5) is 0. The molecule has 0 radical (unpaired) electrons. The third-order valence-corrected chi connectivity index (χ3v) is 2.98. The van der Waals surface area contributed by atoms with Crippen LogP contribution in [0.1, 0.15) is 16.7 Å². The molecule has 20 heavy (non-hydrogen) atoms. The number of benzene rings is 2. The van der Waals surface area contributed by atoms with Crippen LogP contribution in [0.25, 0.3) is 0 Å². The van der Waals surface area contributed by atoms with E-state index in [1.54, 1.807) is 7.11 Å². The smallest absolute Gasteiger partial charge is 0.161 e. The fourth-order valence-electron chi connectivity index (χ4n) is 1.84. The second-order valence-electron chi connectivity index (χ2n) is 4.55. The Morgan fingerprint density at radius 1 is 1.10 bits per heavy atom. The van der Waals surface area contributed by atoms with Crippen molar-refractivity contribution in [3.8, 4) is 11.5 Å². The first-order valence-corrected chi connectivity index (χ1v) is 6.31. The summed E-state index contributed by atoms with van der Waals surface area (Å²) in [6.07, 6.45) is 0. The Labute approximate surface area is 118 Å². The molecule has 0 fully saturated rings. The van der Waals surface area contributed by atoms with Gasteiger partial charge in [-0.25, -0.2) is 0 Å². The zero-order valence-electron chi connectivity index (χ0n) is 11.6. The van der Waals surface area contributed by atoms with Crippen molar-refractivity contribution in [2.24, 2.45) is 5.73 Å². The molecule has 4 nitrogen and oxygen atoms in total. The lowest BCUT2D eigenvalue weighted by Crippen LogP contribution is -2.10. The summed E-state index contributed by atoms with van der Waals surface area (Å²) in [5, 5.41) is 7.35. The summed E-state index contributed by atoms with van der Waals surface area (Å²) in [6.45, 7) is 2.45. The Morgan fingerprint density at radius 3 is 2.40 bits per heavy atom. The van der Waals surface area contributed by atoms with Gasteiger partial charge >= 0.3 is 0 Å².